The molecule has 0 saturated carbocycles. The van der Waals surface area contributed by atoms with Crippen LogP contribution in [0.3, 0.4) is 0 Å². The van der Waals surface area contributed by atoms with E-state index in [1.807, 2.05) is 48.5 Å². The summed E-state index contributed by atoms with van der Waals surface area (Å²) >= 11 is 6.76. The van der Waals surface area contributed by atoms with Gasteiger partial charge in [0.15, 0.2) is 10.6 Å². The van der Waals surface area contributed by atoms with Crippen molar-refractivity contribution in [2.24, 2.45) is 0 Å². The van der Waals surface area contributed by atoms with Crippen LogP contribution in [0.1, 0.15) is 0 Å². The molecule has 0 aromatic heterocycles. The average Bonchev–Trinajstić information content (AvgIpc) is 2.28. The largest absolute Gasteiger partial charge is 0.415 e. The first kappa shape index (κ1) is 12.0. The summed E-state index contributed by atoms with van der Waals surface area (Å²) in [6.07, 6.45) is 0. The van der Waals surface area contributed by atoms with Crippen LogP contribution in [-0.4, -0.2) is 0 Å². The summed E-state index contributed by atoms with van der Waals surface area (Å²) in [7, 11) is -1.51. The van der Waals surface area contributed by atoms with E-state index in [9.17, 15) is 4.57 Å². The second-order valence-electron chi connectivity index (χ2n) is 3.25. The van der Waals surface area contributed by atoms with Crippen molar-refractivity contribution in [3.05, 3.63) is 57.5 Å². The summed E-state index contributed by atoms with van der Waals surface area (Å²) in [6.45, 7) is 0. The first-order valence-electron chi connectivity index (χ1n) is 4.65. The van der Waals surface area contributed by atoms with E-state index in [-0.39, 0.29) is 0 Å². The zero-order valence-corrected chi connectivity index (χ0v) is 12.3. The summed E-state index contributed by atoms with van der Waals surface area (Å²) in [6, 6.07) is 15.2. The van der Waals surface area contributed by atoms with Crippen molar-refractivity contribution in [1.82, 2.24) is 0 Å². The molecule has 0 heterocycles. The number of benzene rings is 2. The number of rotatable bonds is 2. The van der Waals surface area contributed by atoms with Crippen molar-refractivity contribution in [2.45, 2.75) is 0 Å². The zero-order chi connectivity index (χ0) is 11.5. The standard InChI is InChI=1S/C12H8Br2OP/c13-9-3-1-5-11(7-9)16(15)12-6-2-4-10(14)8-12/h1-8H/q+1. The van der Waals surface area contributed by atoms with Gasteiger partial charge >= 0.3 is 7.80 Å². The minimum atomic E-state index is -1.51. The molecule has 0 radical (unpaired) electrons. The zero-order valence-electron chi connectivity index (χ0n) is 8.23. The normalized spacial score (nSPS) is 10.1. The third kappa shape index (κ3) is 2.79. The van der Waals surface area contributed by atoms with Crippen LogP contribution in [0.4, 0.5) is 0 Å². The first-order valence-corrected chi connectivity index (χ1v) is 7.50. The molecule has 0 aliphatic carbocycles. The highest BCUT2D eigenvalue weighted by molar-refractivity contribution is 9.10. The summed E-state index contributed by atoms with van der Waals surface area (Å²) in [5.74, 6) is 0. The van der Waals surface area contributed by atoms with Gasteiger partial charge in [-0.1, -0.05) is 48.6 Å². The Labute approximate surface area is 112 Å². The molecule has 0 atom stereocenters. The SMILES string of the molecule is O=[P+](c1cccc(Br)c1)c1cccc(Br)c1. The van der Waals surface area contributed by atoms with Crippen molar-refractivity contribution < 1.29 is 4.57 Å². The van der Waals surface area contributed by atoms with Crippen molar-refractivity contribution in [1.29, 1.82) is 0 Å². The van der Waals surface area contributed by atoms with Crippen LogP contribution in [0.15, 0.2) is 57.5 Å². The molecule has 80 valence electrons. The first-order chi connectivity index (χ1) is 7.66. The van der Waals surface area contributed by atoms with Gasteiger partial charge < -0.3 is 0 Å². The molecule has 2 aromatic carbocycles. The molecule has 1 nitrogen and oxygen atoms in total. The topological polar surface area (TPSA) is 17.1 Å². The Morgan fingerprint density at radius 1 is 0.812 bits per heavy atom. The van der Waals surface area contributed by atoms with E-state index >= 15 is 0 Å². The predicted molar refractivity (Wildman–Crippen MR) is 75.2 cm³/mol. The Hall–Kier alpha value is -0.500. The number of hydrogen-bond acceptors (Lipinski definition) is 1. The molecule has 2 rings (SSSR count). The second kappa shape index (κ2) is 5.22. The van der Waals surface area contributed by atoms with Crippen LogP contribution in [0.2, 0.25) is 0 Å². The van der Waals surface area contributed by atoms with E-state index in [0.717, 1.165) is 19.6 Å². The van der Waals surface area contributed by atoms with E-state index in [1.54, 1.807) is 0 Å². The van der Waals surface area contributed by atoms with Gasteiger partial charge in [-0.2, -0.15) is 0 Å². The molecule has 0 aliphatic rings. The molecule has 4 heteroatoms. The number of hydrogen-bond donors (Lipinski definition) is 0. The maximum atomic E-state index is 12.3. The van der Waals surface area contributed by atoms with E-state index < -0.39 is 7.80 Å². The highest BCUT2D eigenvalue weighted by Gasteiger charge is 2.23. The molecule has 2 aromatic rings. The molecular weight excluding hydrogens is 351 g/mol. The van der Waals surface area contributed by atoms with Gasteiger partial charge in [-0.15, -0.1) is 0 Å². The molecule has 0 saturated heterocycles. The quantitative estimate of drug-likeness (QED) is 0.742. The summed E-state index contributed by atoms with van der Waals surface area (Å²) in [5, 5.41) is 1.67. The van der Waals surface area contributed by atoms with Gasteiger partial charge in [-0.25, -0.2) is 0 Å². The average molecular weight is 359 g/mol. The van der Waals surface area contributed by atoms with Gasteiger partial charge in [-0.3, -0.25) is 0 Å². The van der Waals surface area contributed by atoms with Gasteiger partial charge in [0.2, 0.25) is 0 Å². The third-order valence-electron chi connectivity index (χ3n) is 2.09. The van der Waals surface area contributed by atoms with Crippen molar-refractivity contribution >= 4 is 50.3 Å². The Balaban J connectivity index is 2.39. The van der Waals surface area contributed by atoms with Crippen molar-refractivity contribution in [3.63, 3.8) is 0 Å². The van der Waals surface area contributed by atoms with Gasteiger partial charge in [0, 0.05) is 21.1 Å². The monoisotopic (exact) mass is 357 g/mol. The lowest BCUT2D eigenvalue weighted by molar-refractivity contribution is 0.598. The molecule has 0 spiro atoms. The maximum Gasteiger partial charge on any atom is 0.415 e. The maximum absolute atomic E-state index is 12.3. The molecule has 0 fully saturated rings. The fraction of sp³-hybridized carbons (Fsp3) is 0. The van der Waals surface area contributed by atoms with Crippen LogP contribution in [0.5, 0.6) is 0 Å². The molecule has 0 N–H and O–H groups in total. The lowest BCUT2D eigenvalue weighted by atomic mass is 10.4. The van der Waals surface area contributed by atoms with Crippen molar-refractivity contribution in [3.8, 4) is 0 Å². The highest BCUT2D eigenvalue weighted by Crippen LogP contribution is 2.22. The highest BCUT2D eigenvalue weighted by atomic mass is 79.9. The Morgan fingerprint density at radius 2 is 1.25 bits per heavy atom. The molecule has 0 bridgehead atoms. The Kier molecular flexibility index (Phi) is 3.91. The fourth-order valence-electron chi connectivity index (χ4n) is 1.35. The summed E-state index contributed by atoms with van der Waals surface area (Å²) < 4.78 is 14.2. The third-order valence-corrected chi connectivity index (χ3v) is 4.57. The molecular formula is C12H8Br2OP+. The van der Waals surface area contributed by atoms with Crippen LogP contribution in [-0.2, 0) is 4.57 Å². The predicted octanol–water partition coefficient (Wildman–Crippen LogP) is 3.99. The van der Waals surface area contributed by atoms with E-state index in [0.29, 0.717) is 0 Å². The van der Waals surface area contributed by atoms with Crippen molar-refractivity contribution in [2.75, 3.05) is 0 Å². The van der Waals surface area contributed by atoms with Gasteiger partial charge in [-0.05, 0) is 24.3 Å². The van der Waals surface area contributed by atoms with Crippen LogP contribution in [0, 0.1) is 0 Å². The number of halogens is 2. The Morgan fingerprint density at radius 3 is 1.62 bits per heavy atom. The fourth-order valence-corrected chi connectivity index (χ4v) is 3.76. The van der Waals surface area contributed by atoms with Crippen LogP contribution in [0.25, 0.3) is 0 Å². The molecule has 0 amide bonds. The smallest absolute Gasteiger partial charge is 0.0613 e. The minimum absolute atomic E-state index is 0.836. The minimum Gasteiger partial charge on any atom is -0.0613 e. The van der Waals surface area contributed by atoms with Crippen LogP contribution >= 0.6 is 39.7 Å². The van der Waals surface area contributed by atoms with Gasteiger partial charge in [0.25, 0.3) is 0 Å². The van der Waals surface area contributed by atoms with Crippen LogP contribution < -0.4 is 10.6 Å². The van der Waals surface area contributed by atoms with E-state index in [2.05, 4.69) is 31.9 Å². The van der Waals surface area contributed by atoms with Gasteiger partial charge in [0.05, 0.1) is 0 Å². The molecule has 0 unspecified atom stereocenters. The van der Waals surface area contributed by atoms with E-state index in [1.165, 1.54) is 0 Å². The second-order valence-corrected chi connectivity index (χ2v) is 6.71. The Bertz CT molecular complexity index is 493. The molecule has 16 heavy (non-hydrogen) atoms. The summed E-state index contributed by atoms with van der Waals surface area (Å²) in [4.78, 5) is 0. The van der Waals surface area contributed by atoms with E-state index in [4.69, 9.17) is 0 Å². The summed E-state index contributed by atoms with van der Waals surface area (Å²) in [5.41, 5.74) is 0. The lowest BCUT2D eigenvalue weighted by Gasteiger charge is -1.92. The lowest BCUT2D eigenvalue weighted by Crippen LogP contribution is -2.06. The molecule has 0 aliphatic heterocycles. The van der Waals surface area contributed by atoms with Gasteiger partial charge in [0.1, 0.15) is 0 Å².